The van der Waals surface area contributed by atoms with Crippen molar-refractivity contribution in [3.8, 4) is 0 Å². The van der Waals surface area contributed by atoms with Crippen molar-refractivity contribution >= 4 is 17.9 Å². The molecule has 2 aliphatic heterocycles. The quantitative estimate of drug-likeness (QED) is 0.106. The molecule has 47 heavy (non-hydrogen) atoms. The van der Waals surface area contributed by atoms with E-state index in [1.54, 1.807) is 91.0 Å². The Labute approximate surface area is 272 Å². The molecule has 6 atom stereocenters. The summed E-state index contributed by atoms with van der Waals surface area (Å²) in [4.78, 5) is 40.2. The van der Waals surface area contributed by atoms with Crippen molar-refractivity contribution in [3.05, 3.63) is 156 Å². The fraction of sp³-hybridized carbons (Fsp3) is 0.237. The number of carbonyl (C=O) groups is 3. The maximum absolute atomic E-state index is 13.4. The van der Waals surface area contributed by atoms with Crippen LogP contribution in [0.25, 0.3) is 0 Å². The summed E-state index contributed by atoms with van der Waals surface area (Å²) in [6.07, 6.45) is -6.12. The van der Waals surface area contributed by atoms with Crippen LogP contribution in [-0.4, -0.2) is 61.3 Å². The lowest BCUT2D eigenvalue weighted by atomic mass is 9.94. The third-order valence-corrected chi connectivity index (χ3v) is 7.87. The van der Waals surface area contributed by atoms with E-state index in [1.165, 1.54) is 0 Å². The summed E-state index contributed by atoms with van der Waals surface area (Å²) >= 11 is 0. The second kappa shape index (κ2) is 15.0. The van der Waals surface area contributed by atoms with Gasteiger partial charge in [-0.1, -0.05) is 91.5 Å². The van der Waals surface area contributed by atoms with E-state index in [0.29, 0.717) is 12.2 Å². The minimum Gasteiger partial charge on any atom is -0.452 e. The summed E-state index contributed by atoms with van der Waals surface area (Å²) in [5.41, 5.74) is 2.57. The first kappa shape index (κ1) is 31.9. The first-order valence-electron chi connectivity index (χ1n) is 15.3. The molecular formula is C38H34O9. The lowest BCUT2D eigenvalue weighted by Crippen LogP contribution is -2.59. The van der Waals surface area contributed by atoms with Gasteiger partial charge in [0, 0.05) is 0 Å². The normalized spacial score (nSPS) is 23.0. The molecule has 0 spiro atoms. The minimum absolute atomic E-state index is 0.249. The average molecular weight is 635 g/mol. The summed E-state index contributed by atoms with van der Waals surface area (Å²) in [6.45, 7) is 4.82. The predicted molar refractivity (Wildman–Crippen MR) is 170 cm³/mol. The molecular weight excluding hydrogens is 600 g/mol. The predicted octanol–water partition coefficient (Wildman–Crippen LogP) is 5.95. The van der Waals surface area contributed by atoms with E-state index in [0.717, 1.165) is 5.56 Å². The standard InChI is InChI=1S/C38H34O9/c1-25(23-42-24-26-14-6-2-7-15-26)22-30-31-32(44-35(39)27-16-8-3-9-17-27)33(45-36(40)28-18-10-4-11-19-28)34(38(43-30)47-31)46-37(41)29-20-12-5-13-21-29/h2-21,30-34,38H,1,22-24H2/t30-,31+,32+,33-,34+,38+/m0/s1. The second-order valence-corrected chi connectivity index (χ2v) is 11.3. The molecule has 0 saturated carbocycles. The van der Waals surface area contributed by atoms with Crippen molar-refractivity contribution in [2.75, 3.05) is 6.61 Å². The number of hydrogen-bond acceptors (Lipinski definition) is 9. The largest absolute Gasteiger partial charge is 0.452 e. The molecule has 0 unspecified atom stereocenters. The highest BCUT2D eigenvalue weighted by Gasteiger charge is 2.60. The highest BCUT2D eigenvalue weighted by molar-refractivity contribution is 5.91. The van der Waals surface area contributed by atoms with E-state index in [2.05, 4.69) is 6.58 Å². The lowest BCUT2D eigenvalue weighted by Gasteiger charge is -2.39. The Hall–Kier alpha value is -5.09. The molecule has 9 nitrogen and oxygen atoms in total. The molecule has 2 aliphatic rings. The first-order chi connectivity index (χ1) is 23.0. The fourth-order valence-electron chi connectivity index (χ4n) is 5.58. The van der Waals surface area contributed by atoms with E-state index in [-0.39, 0.29) is 29.7 Å². The van der Waals surface area contributed by atoms with Crippen molar-refractivity contribution in [3.63, 3.8) is 0 Å². The zero-order chi connectivity index (χ0) is 32.6. The third kappa shape index (κ3) is 7.84. The molecule has 0 aromatic heterocycles. The van der Waals surface area contributed by atoms with Gasteiger partial charge in [-0.2, -0.15) is 0 Å². The van der Waals surface area contributed by atoms with Crippen LogP contribution in [0, 0.1) is 0 Å². The monoisotopic (exact) mass is 634 g/mol. The van der Waals surface area contributed by atoms with E-state index in [9.17, 15) is 14.4 Å². The van der Waals surface area contributed by atoms with Gasteiger partial charge in [0.1, 0.15) is 6.10 Å². The topological polar surface area (TPSA) is 107 Å². The zero-order valence-corrected chi connectivity index (χ0v) is 25.5. The van der Waals surface area contributed by atoms with Gasteiger partial charge in [0.05, 0.1) is 36.0 Å². The molecule has 2 fully saturated rings. The van der Waals surface area contributed by atoms with Crippen LogP contribution in [0.3, 0.4) is 0 Å². The smallest absolute Gasteiger partial charge is 0.338 e. The van der Waals surface area contributed by atoms with E-state index < -0.39 is 54.7 Å². The Balaban J connectivity index is 1.27. The Morgan fingerprint density at radius 3 is 1.53 bits per heavy atom. The molecule has 0 radical (unpaired) electrons. The Bertz CT molecular complexity index is 1660. The zero-order valence-electron chi connectivity index (χ0n) is 25.5. The van der Waals surface area contributed by atoms with Crippen LogP contribution >= 0.6 is 0 Å². The molecule has 0 aliphatic carbocycles. The van der Waals surface area contributed by atoms with Crippen LogP contribution < -0.4 is 0 Å². The van der Waals surface area contributed by atoms with Crippen LogP contribution in [0.1, 0.15) is 43.1 Å². The van der Waals surface area contributed by atoms with Crippen molar-refractivity contribution in [1.82, 2.24) is 0 Å². The molecule has 2 heterocycles. The Kier molecular flexibility index (Phi) is 10.2. The third-order valence-electron chi connectivity index (χ3n) is 7.87. The van der Waals surface area contributed by atoms with E-state index >= 15 is 0 Å². The first-order valence-corrected chi connectivity index (χ1v) is 15.3. The number of rotatable bonds is 12. The van der Waals surface area contributed by atoms with Crippen molar-refractivity contribution < 1.29 is 42.8 Å². The Morgan fingerprint density at radius 1 is 0.574 bits per heavy atom. The summed E-state index contributed by atoms with van der Waals surface area (Å²) in [5, 5.41) is 0. The van der Waals surface area contributed by atoms with Crippen LogP contribution in [0.4, 0.5) is 0 Å². The van der Waals surface area contributed by atoms with Gasteiger partial charge in [-0.05, 0) is 54.0 Å². The number of benzene rings is 4. The molecule has 9 heteroatoms. The number of ether oxygens (including phenoxy) is 6. The van der Waals surface area contributed by atoms with Gasteiger partial charge >= 0.3 is 17.9 Å². The SMILES string of the molecule is C=C(COCc1ccccc1)C[C@@H]1O[C@@H]2O[C@H]1[C@@H](OC(=O)c1ccccc1)[C@H](OC(=O)c1ccccc1)[C@H]2OC(=O)c1ccccc1. The number of fused-ring (bicyclic) bond motifs is 2. The Morgan fingerprint density at radius 2 is 1.02 bits per heavy atom. The van der Waals surface area contributed by atoms with Gasteiger partial charge in [-0.15, -0.1) is 0 Å². The molecule has 2 bridgehead atoms. The minimum atomic E-state index is -1.27. The molecule has 4 aromatic rings. The van der Waals surface area contributed by atoms with Crippen molar-refractivity contribution in [2.45, 2.75) is 49.8 Å². The molecule has 4 aromatic carbocycles. The molecule has 6 rings (SSSR count). The summed E-state index contributed by atoms with van der Waals surface area (Å²) in [7, 11) is 0. The fourth-order valence-corrected chi connectivity index (χ4v) is 5.58. The van der Waals surface area contributed by atoms with Crippen molar-refractivity contribution in [2.24, 2.45) is 0 Å². The van der Waals surface area contributed by atoms with Crippen LogP contribution in [0.5, 0.6) is 0 Å². The highest BCUT2D eigenvalue weighted by atomic mass is 16.8. The summed E-state index contributed by atoms with van der Waals surface area (Å²) < 4.78 is 36.4. The van der Waals surface area contributed by atoms with E-state index in [1.807, 2.05) is 30.3 Å². The van der Waals surface area contributed by atoms with Gasteiger partial charge < -0.3 is 28.4 Å². The lowest BCUT2D eigenvalue weighted by molar-refractivity contribution is -0.228. The van der Waals surface area contributed by atoms with Gasteiger partial charge in [-0.3, -0.25) is 0 Å². The number of hydrogen-bond donors (Lipinski definition) is 0. The van der Waals surface area contributed by atoms with Crippen LogP contribution in [0.2, 0.25) is 0 Å². The maximum Gasteiger partial charge on any atom is 0.338 e. The maximum atomic E-state index is 13.4. The van der Waals surface area contributed by atoms with Crippen molar-refractivity contribution in [1.29, 1.82) is 0 Å². The molecule has 0 amide bonds. The van der Waals surface area contributed by atoms with E-state index in [4.69, 9.17) is 28.4 Å². The summed E-state index contributed by atoms with van der Waals surface area (Å²) in [5.74, 6) is -2.03. The average Bonchev–Trinajstić information content (AvgIpc) is 3.48. The number of carbonyl (C=O) groups excluding carboxylic acids is 3. The van der Waals surface area contributed by atoms with Gasteiger partial charge in [0.15, 0.2) is 24.6 Å². The highest BCUT2D eigenvalue weighted by Crippen LogP contribution is 2.40. The number of esters is 3. The van der Waals surface area contributed by atoms with Crippen LogP contribution in [-0.2, 0) is 35.0 Å². The van der Waals surface area contributed by atoms with Gasteiger partial charge in [0.2, 0.25) is 0 Å². The second-order valence-electron chi connectivity index (χ2n) is 11.3. The molecule has 240 valence electrons. The van der Waals surface area contributed by atoms with Crippen LogP contribution in [0.15, 0.2) is 133 Å². The van der Waals surface area contributed by atoms with Gasteiger partial charge in [0.25, 0.3) is 0 Å². The molecule has 0 N–H and O–H groups in total. The summed E-state index contributed by atoms with van der Waals surface area (Å²) in [6, 6.07) is 35.0. The molecule has 2 saturated heterocycles. The van der Waals surface area contributed by atoms with Gasteiger partial charge in [-0.25, -0.2) is 14.4 Å².